The van der Waals surface area contributed by atoms with Crippen LogP contribution in [0, 0.1) is 0 Å². The number of fused-ring (bicyclic) bond motifs is 1. The van der Waals surface area contributed by atoms with Gasteiger partial charge in [-0.05, 0) is 48.9 Å². The van der Waals surface area contributed by atoms with Crippen molar-refractivity contribution in [2.45, 2.75) is 29.9 Å². The molecule has 0 radical (unpaired) electrons. The Bertz CT molecular complexity index is 891. The molecule has 0 aliphatic heterocycles. The molecule has 0 fully saturated rings. The number of halogens is 1. The molecule has 24 heavy (non-hydrogen) atoms. The van der Waals surface area contributed by atoms with E-state index in [0.29, 0.717) is 19.9 Å². The molecule has 0 unspecified atom stereocenters. The Morgan fingerprint density at radius 3 is 2.46 bits per heavy atom. The van der Waals surface area contributed by atoms with Gasteiger partial charge in [0.25, 0.3) is 0 Å². The van der Waals surface area contributed by atoms with Crippen molar-refractivity contribution < 1.29 is 13.2 Å². The summed E-state index contributed by atoms with van der Waals surface area (Å²) in [6, 6.07) is 6.51. The lowest BCUT2D eigenvalue weighted by atomic mass is 9.95. The van der Waals surface area contributed by atoms with E-state index < -0.39 is 15.9 Å². The second-order valence-electron chi connectivity index (χ2n) is 5.71. The summed E-state index contributed by atoms with van der Waals surface area (Å²) in [6.07, 6.45) is 4.69. The van der Waals surface area contributed by atoms with Gasteiger partial charge in [0, 0.05) is 6.26 Å². The minimum atomic E-state index is -3.30. The molecule has 2 amide bonds. The molecule has 1 aliphatic carbocycles. The van der Waals surface area contributed by atoms with Crippen LogP contribution in [0.3, 0.4) is 0 Å². The van der Waals surface area contributed by atoms with Crippen LogP contribution < -0.4 is 10.6 Å². The highest BCUT2D eigenvalue weighted by molar-refractivity contribution is 7.92. The van der Waals surface area contributed by atoms with Gasteiger partial charge in [-0.1, -0.05) is 23.7 Å². The zero-order valence-corrected chi connectivity index (χ0v) is 15.4. The monoisotopic (exact) mass is 384 g/mol. The highest BCUT2D eigenvalue weighted by atomic mass is 35.5. The molecule has 128 valence electrons. The largest absolute Gasteiger partial charge is 0.324 e. The maximum absolute atomic E-state index is 12.3. The molecule has 2 N–H and O–H groups in total. The number of hydrogen-bond donors (Lipinski definition) is 2. The first kappa shape index (κ1) is 17.3. The van der Waals surface area contributed by atoms with E-state index in [0.717, 1.165) is 48.1 Å². The molecular formula is C16H17ClN2O3S2. The lowest BCUT2D eigenvalue weighted by molar-refractivity contribution is 0.262. The quantitative estimate of drug-likeness (QED) is 0.827. The van der Waals surface area contributed by atoms with Crippen molar-refractivity contribution >= 4 is 49.5 Å². The molecule has 5 nitrogen and oxygen atoms in total. The van der Waals surface area contributed by atoms with E-state index >= 15 is 0 Å². The number of urea groups is 1. The number of carbonyl (C=O) groups is 1. The second-order valence-corrected chi connectivity index (χ2v) is 9.35. The molecule has 8 heteroatoms. The Labute approximate surface area is 150 Å². The number of anilines is 2. The van der Waals surface area contributed by atoms with Gasteiger partial charge < -0.3 is 5.32 Å². The van der Waals surface area contributed by atoms with Crippen LogP contribution in [0.2, 0.25) is 5.02 Å². The van der Waals surface area contributed by atoms with E-state index in [2.05, 4.69) is 10.6 Å². The van der Waals surface area contributed by atoms with E-state index in [1.165, 1.54) is 6.26 Å². The molecule has 0 saturated heterocycles. The fraction of sp³-hybridized carbons (Fsp3) is 0.312. The minimum Gasteiger partial charge on any atom is -0.306 e. The first-order valence-electron chi connectivity index (χ1n) is 7.53. The molecule has 0 spiro atoms. The van der Waals surface area contributed by atoms with Gasteiger partial charge in [0.2, 0.25) is 0 Å². The Balaban J connectivity index is 1.86. The summed E-state index contributed by atoms with van der Waals surface area (Å²) in [5.41, 5.74) is 2.31. The Morgan fingerprint density at radius 1 is 1.12 bits per heavy atom. The number of carbonyl (C=O) groups excluding carboxylic acids is 1. The predicted molar refractivity (Wildman–Crippen MR) is 98.2 cm³/mol. The van der Waals surface area contributed by atoms with Crippen LogP contribution in [0.25, 0.3) is 0 Å². The average molecular weight is 385 g/mol. The highest BCUT2D eigenvalue weighted by Gasteiger charge is 2.26. The molecule has 0 bridgehead atoms. The lowest BCUT2D eigenvalue weighted by Crippen LogP contribution is -2.20. The number of thiophene rings is 1. The number of nitrogens with one attached hydrogen (secondary N) is 2. The van der Waals surface area contributed by atoms with Crippen LogP contribution in [0.4, 0.5) is 15.5 Å². The van der Waals surface area contributed by atoms with Gasteiger partial charge in [-0.25, -0.2) is 13.2 Å². The molecule has 0 atom stereocenters. The van der Waals surface area contributed by atoms with Crippen molar-refractivity contribution in [3.63, 3.8) is 0 Å². The summed E-state index contributed by atoms with van der Waals surface area (Å²) in [5, 5.41) is 6.52. The topological polar surface area (TPSA) is 75.3 Å². The first-order chi connectivity index (χ1) is 11.4. The summed E-state index contributed by atoms with van der Waals surface area (Å²) >= 11 is 7.16. The maximum Gasteiger partial charge on any atom is 0.324 e. The Morgan fingerprint density at radius 2 is 1.79 bits per heavy atom. The van der Waals surface area contributed by atoms with Crippen molar-refractivity contribution in [2.75, 3.05) is 16.9 Å². The van der Waals surface area contributed by atoms with E-state index in [1.54, 1.807) is 24.3 Å². The molecule has 1 aliphatic rings. The Hall–Kier alpha value is -1.57. The number of rotatable bonds is 3. The van der Waals surface area contributed by atoms with Crippen molar-refractivity contribution in [3.05, 3.63) is 40.4 Å². The van der Waals surface area contributed by atoms with Crippen LogP contribution in [0.15, 0.2) is 28.5 Å². The zero-order valence-electron chi connectivity index (χ0n) is 13.1. The standard InChI is InChI=1S/C16H17ClN2O3S2/c1-24(21,22)15-11-7-3-2-6-10(11)14(23-15)19-16(20)18-13-9-5-4-8-12(13)17/h4-5,8-9H,2-3,6-7H2,1H3,(H2,18,19,20). The number of para-hydroxylation sites is 1. The molecule has 1 aromatic heterocycles. The normalized spacial score (nSPS) is 14.1. The smallest absolute Gasteiger partial charge is 0.306 e. The molecule has 1 aromatic carbocycles. The van der Waals surface area contributed by atoms with Crippen LogP contribution in [0.5, 0.6) is 0 Å². The van der Waals surface area contributed by atoms with Gasteiger partial charge in [-0.3, -0.25) is 5.32 Å². The maximum atomic E-state index is 12.3. The summed E-state index contributed by atoms with van der Waals surface area (Å²) in [5.74, 6) is 0. The van der Waals surface area contributed by atoms with Gasteiger partial charge in [-0.15, -0.1) is 11.3 Å². The van der Waals surface area contributed by atoms with Gasteiger partial charge in [-0.2, -0.15) is 0 Å². The second kappa shape index (κ2) is 6.74. The Kier molecular flexibility index (Phi) is 4.85. The fourth-order valence-corrected chi connectivity index (χ4v) is 5.55. The first-order valence-corrected chi connectivity index (χ1v) is 10.6. The van der Waals surface area contributed by atoms with E-state index in [9.17, 15) is 13.2 Å². The summed E-state index contributed by atoms with van der Waals surface area (Å²) in [6.45, 7) is 0. The highest BCUT2D eigenvalue weighted by Crippen LogP contribution is 2.40. The van der Waals surface area contributed by atoms with Crippen molar-refractivity contribution in [1.82, 2.24) is 0 Å². The average Bonchev–Trinajstić information content (AvgIpc) is 2.89. The molecule has 1 heterocycles. The third-order valence-electron chi connectivity index (χ3n) is 3.87. The summed E-state index contributed by atoms with van der Waals surface area (Å²) in [7, 11) is -3.30. The van der Waals surface area contributed by atoms with Gasteiger partial charge in [0.1, 0.15) is 9.21 Å². The van der Waals surface area contributed by atoms with E-state index in [-0.39, 0.29) is 0 Å². The SMILES string of the molecule is CS(=O)(=O)c1sc(NC(=O)Nc2ccccc2Cl)c2c1CCCC2. The van der Waals surface area contributed by atoms with Gasteiger partial charge in [0.15, 0.2) is 9.84 Å². The van der Waals surface area contributed by atoms with E-state index in [4.69, 9.17) is 11.6 Å². The number of amides is 2. The van der Waals surface area contributed by atoms with Crippen molar-refractivity contribution in [2.24, 2.45) is 0 Å². The third-order valence-corrected chi connectivity index (χ3v) is 7.26. The van der Waals surface area contributed by atoms with Crippen LogP contribution in [-0.4, -0.2) is 20.7 Å². The van der Waals surface area contributed by atoms with Gasteiger partial charge >= 0.3 is 6.03 Å². The van der Waals surface area contributed by atoms with Crippen LogP contribution >= 0.6 is 22.9 Å². The number of hydrogen-bond acceptors (Lipinski definition) is 4. The number of sulfone groups is 1. The molecule has 2 aromatic rings. The van der Waals surface area contributed by atoms with Crippen LogP contribution in [0.1, 0.15) is 24.0 Å². The van der Waals surface area contributed by atoms with Crippen LogP contribution in [-0.2, 0) is 22.7 Å². The zero-order chi connectivity index (χ0) is 17.3. The van der Waals surface area contributed by atoms with Crippen molar-refractivity contribution in [1.29, 1.82) is 0 Å². The minimum absolute atomic E-state index is 0.366. The molecule has 0 saturated carbocycles. The predicted octanol–water partition coefficient (Wildman–Crippen LogP) is 4.33. The lowest BCUT2D eigenvalue weighted by Gasteiger charge is -2.14. The molecule has 3 rings (SSSR count). The summed E-state index contributed by atoms with van der Waals surface area (Å²) < 4.78 is 24.4. The fourth-order valence-electron chi connectivity index (χ4n) is 2.82. The summed E-state index contributed by atoms with van der Waals surface area (Å²) in [4.78, 5) is 12.3. The third kappa shape index (κ3) is 3.58. The van der Waals surface area contributed by atoms with E-state index in [1.807, 2.05) is 0 Å². The van der Waals surface area contributed by atoms with Crippen molar-refractivity contribution in [3.8, 4) is 0 Å². The van der Waals surface area contributed by atoms with Gasteiger partial charge in [0.05, 0.1) is 10.7 Å². The number of benzene rings is 1. The molecular weight excluding hydrogens is 368 g/mol.